The summed E-state index contributed by atoms with van der Waals surface area (Å²) in [5.41, 5.74) is 5.07. The van der Waals surface area contributed by atoms with Crippen molar-refractivity contribution in [2.75, 3.05) is 6.54 Å². The molecule has 25 heavy (non-hydrogen) atoms. The van der Waals surface area contributed by atoms with Gasteiger partial charge in [-0.05, 0) is 50.3 Å². The molecule has 0 aromatic heterocycles. The molecule has 0 amide bonds. The van der Waals surface area contributed by atoms with Crippen molar-refractivity contribution in [3.63, 3.8) is 0 Å². The maximum absolute atomic E-state index is 13.2. The molecule has 0 heterocycles. The Hall–Kier alpha value is -1.19. The molecule has 1 aromatic carbocycles. The maximum atomic E-state index is 13.2. The second-order valence-corrected chi connectivity index (χ2v) is 6.36. The van der Waals surface area contributed by atoms with Gasteiger partial charge in [0.05, 0.1) is 18.2 Å². The van der Waals surface area contributed by atoms with E-state index in [9.17, 15) is 13.2 Å². The van der Waals surface area contributed by atoms with Gasteiger partial charge in [-0.25, -0.2) is 4.99 Å². The molecule has 1 aliphatic carbocycles. The maximum Gasteiger partial charge on any atom is 0.416 e. The van der Waals surface area contributed by atoms with Gasteiger partial charge in [0.25, 0.3) is 0 Å². The number of nitrogens with zero attached hydrogens (tertiary/aromatic N) is 1. The zero-order valence-electron chi connectivity index (χ0n) is 14.4. The van der Waals surface area contributed by atoms with Gasteiger partial charge in [-0.1, -0.05) is 12.5 Å². The molecule has 0 spiro atoms. The number of halogens is 4. The third kappa shape index (κ3) is 6.91. The third-order valence-corrected chi connectivity index (χ3v) is 3.97. The normalized spacial score (nSPS) is 15.5. The van der Waals surface area contributed by atoms with Gasteiger partial charge in [0.15, 0.2) is 5.96 Å². The fraction of sp³-hybridized carbons (Fsp3) is 0.588. The molecule has 1 aliphatic rings. The Morgan fingerprint density at radius 2 is 2.04 bits per heavy atom. The molecule has 1 saturated carbocycles. The lowest BCUT2D eigenvalue weighted by Crippen LogP contribution is -2.37. The van der Waals surface area contributed by atoms with Crippen LogP contribution in [0.2, 0.25) is 0 Å². The summed E-state index contributed by atoms with van der Waals surface area (Å²) < 4.78 is 45.1. The Morgan fingerprint density at radius 3 is 2.56 bits per heavy atom. The lowest BCUT2D eigenvalue weighted by atomic mass is 9.85. The predicted octanol–water partition coefficient (Wildman–Crippen LogP) is 4.32. The van der Waals surface area contributed by atoms with Crippen LogP contribution in [0, 0.1) is 5.92 Å². The van der Waals surface area contributed by atoms with E-state index in [1.165, 1.54) is 18.6 Å². The molecule has 2 rings (SSSR count). The Bertz CT molecular complexity index is 587. The van der Waals surface area contributed by atoms with Crippen molar-refractivity contribution in [2.24, 2.45) is 16.6 Å². The number of aliphatic imine (C=N–C) groups is 1. The molecule has 3 N–H and O–H groups in total. The van der Waals surface area contributed by atoms with Crippen LogP contribution in [0.25, 0.3) is 0 Å². The smallest absolute Gasteiger partial charge is 0.416 e. The standard InChI is InChI=1S/C17H24F3N3O.HI/c1-11(2)24-14-7-6-13(15(8-14)17(18,19)20)10-23-16(21)22-9-12-4-3-5-12;/h6-8,11-12H,3-5,9-10H2,1-2H3,(H3,21,22,23);1H. The average Bonchev–Trinajstić information content (AvgIpc) is 2.42. The highest BCUT2D eigenvalue weighted by molar-refractivity contribution is 14.0. The Morgan fingerprint density at radius 1 is 1.36 bits per heavy atom. The van der Waals surface area contributed by atoms with Gasteiger partial charge in [0.1, 0.15) is 5.75 Å². The molecule has 1 aromatic rings. The second kappa shape index (κ2) is 9.49. The van der Waals surface area contributed by atoms with Crippen molar-refractivity contribution in [3.05, 3.63) is 29.3 Å². The van der Waals surface area contributed by atoms with Crippen LogP contribution >= 0.6 is 24.0 Å². The highest BCUT2D eigenvalue weighted by Crippen LogP contribution is 2.35. The fourth-order valence-electron chi connectivity index (χ4n) is 2.47. The van der Waals surface area contributed by atoms with E-state index in [0.29, 0.717) is 5.92 Å². The molecular formula is C17H25F3IN3O. The van der Waals surface area contributed by atoms with Crippen molar-refractivity contribution < 1.29 is 17.9 Å². The van der Waals surface area contributed by atoms with Crippen LogP contribution in [0.3, 0.4) is 0 Å². The fourth-order valence-corrected chi connectivity index (χ4v) is 2.47. The summed E-state index contributed by atoms with van der Waals surface area (Å²) >= 11 is 0. The van der Waals surface area contributed by atoms with Crippen LogP contribution in [0.5, 0.6) is 5.75 Å². The number of hydrogen-bond acceptors (Lipinski definition) is 2. The lowest BCUT2D eigenvalue weighted by Gasteiger charge is -2.25. The number of hydrogen-bond donors (Lipinski definition) is 2. The quantitative estimate of drug-likeness (QED) is 0.369. The zero-order chi connectivity index (χ0) is 17.7. The molecule has 0 aliphatic heterocycles. The zero-order valence-corrected chi connectivity index (χ0v) is 16.7. The SMILES string of the molecule is CC(C)Oc1ccc(CN=C(N)NCC2CCC2)c(C(F)(F)F)c1.I. The number of alkyl halides is 3. The third-order valence-electron chi connectivity index (χ3n) is 3.97. The topological polar surface area (TPSA) is 59.6 Å². The van der Waals surface area contributed by atoms with Gasteiger partial charge >= 0.3 is 6.18 Å². The molecule has 142 valence electrons. The molecule has 0 bridgehead atoms. The van der Waals surface area contributed by atoms with Gasteiger partial charge < -0.3 is 15.8 Å². The largest absolute Gasteiger partial charge is 0.491 e. The van der Waals surface area contributed by atoms with E-state index in [0.717, 1.165) is 25.5 Å². The molecule has 4 nitrogen and oxygen atoms in total. The first kappa shape index (κ1) is 21.9. The molecule has 8 heteroatoms. The summed E-state index contributed by atoms with van der Waals surface area (Å²) in [5, 5.41) is 2.97. The molecule has 0 saturated heterocycles. The monoisotopic (exact) mass is 471 g/mol. The van der Waals surface area contributed by atoms with Crippen molar-refractivity contribution in [1.29, 1.82) is 0 Å². The number of nitrogens with two attached hydrogens (primary N) is 1. The summed E-state index contributed by atoms with van der Waals surface area (Å²) in [7, 11) is 0. The van der Waals surface area contributed by atoms with Crippen LogP contribution in [-0.2, 0) is 12.7 Å². The van der Waals surface area contributed by atoms with Crippen LogP contribution in [-0.4, -0.2) is 18.6 Å². The lowest BCUT2D eigenvalue weighted by molar-refractivity contribution is -0.138. The van der Waals surface area contributed by atoms with E-state index in [4.69, 9.17) is 10.5 Å². The number of benzene rings is 1. The first-order valence-electron chi connectivity index (χ1n) is 8.16. The summed E-state index contributed by atoms with van der Waals surface area (Å²) in [6.45, 7) is 4.13. The first-order valence-corrected chi connectivity index (χ1v) is 8.16. The van der Waals surface area contributed by atoms with Crippen molar-refractivity contribution in [3.8, 4) is 5.75 Å². The van der Waals surface area contributed by atoms with Crippen molar-refractivity contribution >= 4 is 29.9 Å². The van der Waals surface area contributed by atoms with Crippen LogP contribution in [0.15, 0.2) is 23.2 Å². The van der Waals surface area contributed by atoms with Crippen LogP contribution in [0.1, 0.15) is 44.2 Å². The number of ether oxygens (including phenoxy) is 1. The molecular weight excluding hydrogens is 446 g/mol. The van der Waals surface area contributed by atoms with Crippen molar-refractivity contribution in [2.45, 2.75) is 51.9 Å². The first-order chi connectivity index (χ1) is 11.3. The number of nitrogens with one attached hydrogen (secondary N) is 1. The predicted molar refractivity (Wildman–Crippen MR) is 103 cm³/mol. The van der Waals surface area contributed by atoms with E-state index < -0.39 is 11.7 Å². The van der Waals surface area contributed by atoms with Gasteiger partial charge in [-0.3, -0.25) is 0 Å². The molecule has 0 radical (unpaired) electrons. The molecule has 0 atom stereocenters. The Balaban J connectivity index is 0.00000312. The average molecular weight is 471 g/mol. The summed E-state index contributed by atoms with van der Waals surface area (Å²) in [4.78, 5) is 4.03. The van der Waals surface area contributed by atoms with E-state index in [-0.39, 0.29) is 53.9 Å². The van der Waals surface area contributed by atoms with Gasteiger partial charge in [0.2, 0.25) is 0 Å². The second-order valence-electron chi connectivity index (χ2n) is 6.36. The minimum absolute atomic E-state index is 0. The van der Waals surface area contributed by atoms with Gasteiger partial charge in [0, 0.05) is 6.54 Å². The Kier molecular flexibility index (Phi) is 8.30. The molecule has 0 unspecified atom stereocenters. The number of guanidine groups is 1. The minimum atomic E-state index is -4.46. The summed E-state index contributed by atoms with van der Waals surface area (Å²) in [6.07, 6.45) is -1.11. The van der Waals surface area contributed by atoms with E-state index in [1.54, 1.807) is 13.8 Å². The van der Waals surface area contributed by atoms with E-state index >= 15 is 0 Å². The van der Waals surface area contributed by atoms with E-state index in [1.807, 2.05) is 0 Å². The minimum Gasteiger partial charge on any atom is -0.491 e. The van der Waals surface area contributed by atoms with E-state index in [2.05, 4.69) is 10.3 Å². The highest BCUT2D eigenvalue weighted by atomic mass is 127. The van der Waals surface area contributed by atoms with Gasteiger partial charge in [-0.15, -0.1) is 24.0 Å². The molecule has 1 fully saturated rings. The number of rotatable bonds is 6. The van der Waals surface area contributed by atoms with Gasteiger partial charge in [-0.2, -0.15) is 13.2 Å². The summed E-state index contributed by atoms with van der Waals surface area (Å²) in [6, 6.07) is 3.93. The van der Waals surface area contributed by atoms with Crippen LogP contribution < -0.4 is 15.8 Å². The van der Waals surface area contributed by atoms with Crippen LogP contribution in [0.4, 0.5) is 13.2 Å². The van der Waals surface area contributed by atoms with Crippen molar-refractivity contribution in [1.82, 2.24) is 5.32 Å². The summed E-state index contributed by atoms with van der Waals surface area (Å²) in [5.74, 6) is 0.968. The highest BCUT2D eigenvalue weighted by Gasteiger charge is 2.33. The Labute approximate surface area is 163 Å².